The van der Waals surface area contributed by atoms with Crippen LogP contribution in [-0.4, -0.2) is 20.1 Å². The quantitative estimate of drug-likeness (QED) is 0.793. The van der Waals surface area contributed by atoms with Crippen molar-refractivity contribution in [3.05, 3.63) is 65.2 Å². The van der Waals surface area contributed by atoms with E-state index in [2.05, 4.69) is 29.1 Å². The molecule has 0 radical (unpaired) electrons. The average molecular weight is 360 g/mol. The van der Waals surface area contributed by atoms with Crippen molar-refractivity contribution in [2.45, 2.75) is 33.2 Å². The topological polar surface area (TPSA) is 75.3 Å². The molecular formula is C19H24N2O3S. The fourth-order valence-electron chi connectivity index (χ4n) is 2.35. The molecule has 2 N–H and O–H groups in total. The average Bonchev–Trinajstić information content (AvgIpc) is 2.62. The molecule has 0 saturated carbocycles. The van der Waals surface area contributed by atoms with E-state index in [4.69, 9.17) is 0 Å². The highest BCUT2D eigenvalue weighted by Crippen LogP contribution is 2.16. The number of sulfonamides is 1. The van der Waals surface area contributed by atoms with Gasteiger partial charge in [-0.2, -0.15) is 0 Å². The van der Waals surface area contributed by atoms with Gasteiger partial charge in [-0.3, -0.25) is 9.52 Å². The van der Waals surface area contributed by atoms with Crippen LogP contribution in [-0.2, 0) is 16.4 Å². The van der Waals surface area contributed by atoms with Crippen LogP contribution in [0.1, 0.15) is 48.3 Å². The third kappa shape index (κ3) is 5.32. The Morgan fingerprint density at radius 3 is 2.12 bits per heavy atom. The van der Waals surface area contributed by atoms with E-state index in [0.29, 0.717) is 11.3 Å². The lowest BCUT2D eigenvalue weighted by Gasteiger charge is -2.15. The number of hydrogen-bond acceptors (Lipinski definition) is 3. The molecule has 0 aromatic heterocycles. The van der Waals surface area contributed by atoms with Crippen molar-refractivity contribution in [3.63, 3.8) is 0 Å². The maximum atomic E-state index is 12.4. The van der Waals surface area contributed by atoms with Gasteiger partial charge < -0.3 is 5.32 Å². The summed E-state index contributed by atoms with van der Waals surface area (Å²) >= 11 is 0. The molecule has 2 aromatic carbocycles. The minimum atomic E-state index is -3.32. The van der Waals surface area contributed by atoms with Crippen LogP contribution in [0.5, 0.6) is 0 Å². The number of aryl methyl sites for hydroxylation is 1. The lowest BCUT2D eigenvalue weighted by molar-refractivity contribution is 0.0940. The number of nitrogens with one attached hydrogen (secondary N) is 2. The highest BCUT2D eigenvalue weighted by molar-refractivity contribution is 7.92. The molecule has 25 heavy (non-hydrogen) atoms. The van der Waals surface area contributed by atoms with Gasteiger partial charge in [0.15, 0.2) is 0 Å². The maximum absolute atomic E-state index is 12.4. The minimum Gasteiger partial charge on any atom is -0.346 e. The summed E-state index contributed by atoms with van der Waals surface area (Å²) in [5, 5.41) is 2.95. The summed E-state index contributed by atoms with van der Waals surface area (Å²) in [6, 6.07) is 14.4. The van der Waals surface area contributed by atoms with Crippen LogP contribution < -0.4 is 10.0 Å². The second-order valence-electron chi connectivity index (χ2n) is 5.87. The van der Waals surface area contributed by atoms with E-state index in [1.54, 1.807) is 31.2 Å². The molecule has 1 amide bonds. The summed E-state index contributed by atoms with van der Waals surface area (Å²) in [6.07, 6.45) is 0.981. The van der Waals surface area contributed by atoms with Gasteiger partial charge in [-0.15, -0.1) is 0 Å². The van der Waals surface area contributed by atoms with Gasteiger partial charge in [0.25, 0.3) is 5.91 Å². The molecule has 1 atom stereocenters. The van der Waals surface area contributed by atoms with E-state index >= 15 is 0 Å². The van der Waals surface area contributed by atoms with Crippen molar-refractivity contribution in [3.8, 4) is 0 Å². The van der Waals surface area contributed by atoms with Crippen LogP contribution in [0, 0.1) is 0 Å². The molecular weight excluding hydrogens is 336 g/mol. The summed E-state index contributed by atoms with van der Waals surface area (Å²) in [7, 11) is -3.32. The van der Waals surface area contributed by atoms with E-state index in [-0.39, 0.29) is 17.7 Å². The van der Waals surface area contributed by atoms with Crippen LogP contribution >= 0.6 is 0 Å². The predicted octanol–water partition coefficient (Wildman–Crippen LogP) is 3.50. The molecule has 0 fully saturated rings. The van der Waals surface area contributed by atoms with Gasteiger partial charge in [0.1, 0.15) is 0 Å². The summed E-state index contributed by atoms with van der Waals surface area (Å²) in [5.74, 6) is -0.194. The molecule has 2 rings (SSSR count). The molecule has 0 heterocycles. The van der Waals surface area contributed by atoms with E-state index in [1.807, 2.05) is 19.1 Å². The summed E-state index contributed by atoms with van der Waals surface area (Å²) in [6.45, 7) is 5.60. The fraction of sp³-hybridized carbons (Fsp3) is 0.316. The molecule has 0 aliphatic carbocycles. The molecule has 0 aliphatic heterocycles. The second kappa shape index (κ2) is 8.16. The number of rotatable bonds is 7. The Morgan fingerprint density at radius 1 is 1.00 bits per heavy atom. The first-order valence-electron chi connectivity index (χ1n) is 8.35. The summed E-state index contributed by atoms with van der Waals surface area (Å²) < 4.78 is 25.5. The van der Waals surface area contributed by atoms with Crippen molar-refractivity contribution < 1.29 is 13.2 Å². The first-order chi connectivity index (χ1) is 11.8. The van der Waals surface area contributed by atoms with Gasteiger partial charge in [-0.05, 0) is 55.7 Å². The number of carbonyl (C=O) groups excluding carboxylic acids is 1. The summed E-state index contributed by atoms with van der Waals surface area (Å²) in [4.78, 5) is 12.4. The normalized spacial score (nSPS) is 12.4. The van der Waals surface area contributed by atoms with Crippen molar-refractivity contribution in [1.82, 2.24) is 5.32 Å². The molecule has 0 bridgehead atoms. The van der Waals surface area contributed by atoms with Crippen molar-refractivity contribution in [2.75, 3.05) is 10.5 Å². The van der Waals surface area contributed by atoms with Crippen molar-refractivity contribution >= 4 is 21.6 Å². The number of carbonyl (C=O) groups is 1. The first-order valence-corrected chi connectivity index (χ1v) is 10.00. The van der Waals surface area contributed by atoms with E-state index in [1.165, 1.54) is 5.56 Å². The molecule has 6 heteroatoms. The fourth-order valence-corrected chi connectivity index (χ4v) is 2.99. The van der Waals surface area contributed by atoms with Gasteiger partial charge in [0.2, 0.25) is 10.0 Å². The Balaban J connectivity index is 2.02. The van der Waals surface area contributed by atoms with E-state index in [9.17, 15) is 13.2 Å². The molecule has 0 aliphatic rings. The van der Waals surface area contributed by atoms with Crippen LogP contribution in [0.3, 0.4) is 0 Å². The maximum Gasteiger partial charge on any atom is 0.251 e. The summed E-state index contributed by atoms with van der Waals surface area (Å²) in [5.41, 5.74) is 3.23. The lowest BCUT2D eigenvalue weighted by atomic mass is 10.0. The Hall–Kier alpha value is -2.34. The van der Waals surface area contributed by atoms with E-state index in [0.717, 1.165) is 12.0 Å². The standard InChI is InChI=1S/C19H24N2O3S/c1-4-15-6-8-16(9-7-15)14(3)20-19(22)17-10-12-18(13-11-17)21-25(23,24)5-2/h6-14,21H,4-5H2,1-3H3,(H,20,22)/t14-/m0/s1. The highest BCUT2D eigenvalue weighted by atomic mass is 32.2. The van der Waals surface area contributed by atoms with Crippen LogP contribution in [0.15, 0.2) is 48.5 Å². The van der Waals surface area contributed by atoms with Crippen molar-refractivity contribution in [2.24, 2.45) is 0 Å². The number of hydrogen-bond donors (Lipinski definition) is 2. The Bertz CT molecular complexity index is 813. The van der Waals surface area contributed by atoms with Crippen molar-refractivity contribution in [1.29, 1.82) is 0 Å². The second-order valence-corrected chi connectivity index (χ2v) is 7.88. The minimum absolute atomic E-state index is 0.00355. The Labute approximate surface area is 149 Å². The Morgan fingerprint density at radius 2 is 1.60 bits per heavy atom. The van der Waals surface area contributed by atoms with Gasteiger partial charge in [-0.1, -0.05) is 31.2 Å². The molecule has 5 nitrogen and oxygen atoms in total. The zero-order valence-electron chi connectivity index (χ0n) is 14.7. The first kappa shape index (κ1) is 19.0. The molecule has 0 spiro atoms. The monoisotopic (exact) mass is 360 g/mol. The number of benzene rings is 2. The largest absolute Gasteiger partial charge is 0.346 e. The van der Waals surface area contributed by atoms with Crippen LogP contribution in [0.25, 0.3) is 0 Å². The number of amides is 1. The lowest BCUT2D eigenvalue weighted by Crippen LogP contribution is -2.26. The smallest absolute Gasteiger partial charge is 0.251 e. The predicted molar refractivity (Wildman–Crippen MR) is 101 cm³/mol. The third-order valence-electron chi connectivity index (χ3n) is 4.04. The number of anilines is 1. The zero-order valence-corrected chi connectivity index (χ0v) is 15.6. The third-order valence-corrected chi connectivity index (χ3v) is 5.34. The van der Waals surface area contributed by atoms with Gasteiger partial charge in [-0.25, -0.2) is 8.42 Å². The molecule has 0 saturated heterocycles. The molecule has 2 aromatic rings. The van der Waals surface area contributed by atoms with E-state index < -0.39 is 10.0 Å². The van der Waals surface area contributed by atoms with Crippen LogP contribution in [0.2, 0.25) is 0 Å². The zero-order chi connectivity index (χ0) is 18.4. The van der Waals surface area contributed by atoms with Gasteiger partial charge in [0, 0.05) is 11.3 Å². The molecule has 134 valence electrons. The van der Waals surface area contributed by atoms with Gasteiger partial charge in [0.05, 0.1) is 11.8 Å². The Kier molecular flexibility index (Phi) is 6.20. The highest BCUT2D eigenvalue weighted by Gasteiger charge is 2.12. The van der Waals surface area contributed by atoms with Gasteiger partial charge >= 0.3 is 0 Å². The molecule has 0 unspecified atom stereocenters. The SMILES string of the molecule is CCc1ccc([C@H](C)NC(=O)c2ccc(NS(=O)(=O)CC)cc2)cc1. The van der Waals surface area contributed by atoms with Crippen LogP contribution in [0.4, 0.5) is 5.69 Å².